The van der Waals surface area contributed by atoms with Crippen LogP contribution in [0, 0.1) is 5.92 Å². The third-order valence-corrected chi connectivity index (χ3v) is 10.2. The topological polar surface area (TPSA) is 163 Å². The van der Waals surface area contributed by atoms with Gasteiger partial charge < -0.3 is 19.7 Å². The Hall–Kier alpha value is -3.04. The number of ether oxygens (including phenoxy) is 2. The second kappa shape index (κ2) is 14.2. The molecule has 2 saturated heterocycles. The fourth-order valence-corrected chi connectivity index (χ4v) is 6.86. The second-order valence-corrected chi connectivity index (χ2v) is 13.8. The Balaban J connectivity index is 1.06. The minimum absolute atomic E-state index is 0.00575. The molecule has 0 amide bonds. The van der Waals surface area contributed by atoms with E-state index in [2.05, 4.69) is 25.9 Å². The molecular weight excluding hydrogens is 719 g/mol. The van der Waals surface area contributed by atoms with Gasteiger partial charge in [0, 0.05) is 28.9 Å². The Morgan fingerprint density at radius 1 is 0.851 bits per heavy atom. The zero-order valence-electron chi connectivity index (χ0n) is 25.0. The molecule has 4 aromatic rings. The van der Waals surface area contributed by atoms with Gasteiger partial charge in [-0.05, 0) is 70.9 Å². The fourth-order valence-electron chi connectivity index (χ4n) is 6.13. The fraction of sp³-hybridized carbons (Fsp3) is 0.438. The maximum atomic E-state index is 13.1. The molecule has 2 aliphatic heterocycles. The summed E-state index contributed by atoms with van der Waals surface area (Å²) in [4.78, 5) is 60.1. The van der Waals surface area contributed by atoms with E-state index in [0.29, 0.717) is 56.8 Å². The number of nitrogens with zero attached hydrogens (tertiary/aromatic N) is 4. The van der Waals surface area contributed by atoms with E-state index in [-0.39, 0.29) is 55.4 Å². The average Bonchev–Trinajstić information content (AvgIpc) is 3.43. The van der Waals surface area contributed by atoms with Crippen molar-refractivity contribution < 1.29 is 29.3 Å². The number of carbonyl (C=O) groups excluding carboxylic acids is 2. The molecule has 4 heterocycles. The first-order valence-electron chi connectivity index (χ1n) is 15.1. The second-order valence-electron chi connectivity index (χ2n) is 12.1. The Morgan fingerprint density at radius 3 is 2.00 bits per heavy atom. The molecule has 5 atom stereocenters. The van der Waals surface area contributed by atoms with Crippen LogP contribution in [0.2, 0.25) is 10.0 Å². The van der Waals surface area contributed by atoms with Crippen molar-refractivity contribution >= 4 is 72.5 Å². The summed E-state index contributed by atoms with van der Waals surface area (Å²) in [5, 5.41) is 22.0. The summed E-state index contributed by atoms with van der Waals surface area (Å²) in [6.45, 7) is 0.245. The lowest BCUT2D eigenvalue weighted by Crippen LogP contribution is -2.41. The number of fused-ring (bicyclic) bond motifs is 2. The highest BCUT2D eigenvalue weighted by molar-refractivity contribution is 9.10. The third kappa shape index (κ3) is 7.51. The lowest BCUT2D eigenvalue weighted by Gasteiger charge is -2.33. The van der Waals surface area contributed by atoms with Crippen LogP contribution < -0.4 is 11.1 Å². The first-order valence-corrected chi connectivity index (χ1v) is 16.7. The zero-order chi connectivity index (χ0) is 33.4. The Kier molecular flexibility index (Phi) is 10.2. The van der Waals surface area contributed by atoms with Crippen LogP contribution in [-0.4, -0.2) is 78.5 Å². The van der Waals surface area contributed by atoms with Crippen LogP contribution >= 0.6 is 39.1 Å². The van der Waals surface area contributed by atoms with Gasteiger partial charge in [-0.3, -0.25) is 28.3 Å². The lowest BCUT2D eigenvalue weighted by molar-refractivity contribution is -0.133. The quantitative estimate of drug-likeness (QED) is 0.246. The molecule has 2 aromatic carbocycles. The number of ketones is 2. The van der Waals surface area contributed by atoms with Gasteiger partial charge in [-0.25, -0.2) is 9.97 Å². The number of hydrogen-bond acceptors (Lipinski definition) is 10. The molecule has 15 heteroatoms. The molecule has 0 aliphatic carbocycles. The number of halogens is 3. The molecule has 5 unspecified atom stereocenters. The summed E-state index contributed by atoms with van der Waals surface area (Å²) >= 11 is 16.0. The van der Waals surface area contributed by atoms with E-state index in [1.54, 1.807) is 12.1 Å². The molecule has 2 fully saturated rings. The summed E-state index contributed by atoms with van der Waals surface area (Å²) in [6, 6.07) is 6.39. The average molecular weight is 750 g/mol. The summed E-state index contributed by atoms with van der Waals surface area (Å²) in [5.41, 5.74) is 0.782. The van der Waals surface area contributed by atoms with E-state index in [4.69, 9.17) is 32.7 Å². The Labute approximate surface area is 286 Å². The van der Waals surface area contributed by atoms with Crippen molar-refractivity contribution in [1.82, 2.24) is 19.1 Å². The van der Waals surface area contributed by atoms with Gasteiger partial charge in [0.1, 0.15) is 0 Å². The minimum atomic E-state index is -0.918. The third-order valence-electron chi connectivity index (χ3n) is 8.64. The van der Waals surface area contributed by atoms with Gasteiger partial charge in [-0.15, -0.1) is 0 Å². The number of benzene rings is 2. The highest BCUT2D eigenvalue weighted by Gasteiger charge is 2.32. The van der Waals surface area contributed by atoms with Gasteiger partial charge in [0.25, 0.3) is 11.1 Å². The molecule has 248 valence electrons. The minimum Gasteiger partial charge on any atom is -0.390 e. The molecule has 12 nitrogen and oxygen atoms in total. The number of carbonyl (C=O) groups is 2. The van der Waals surface area contributed by atoms with Crippen molar-refractivity contribution in [3.8, 4) is 0 Å². The highest BCUT2D eigenvalue weighted by atomic mass is 79.9. The van der Waals surface area contributed by atoms with Crippen molar-refractivity contribution in [3.63, 3.8) is 0 Å². The molecule has 2 aliphatic rings. The molecule has 0 bridgehead atoms. The molecule has 2 aromatic heterocycles. The number of aliphatic hydroxyl groups is 2. The van der Waals surface area contributed by atoms with Crippen LogP contribution in [0.1, 0.15) is 31.2 Å². The summed E-state index contributed by atoms with van der Waals surface area (Å²) < 4.78 is 14.3. The van der Waals surface area contributed by atoms with Gasteiger partial charge in [0.05, 0.1) is 83.6 Å². The monoisotopic (exact) mass is 748 g/mol. The van der Waals surface area contributed by atoms with Crippen LogP contribution in [0.5, 0.6) is 0 Å². The molecule has 47 heavy (non-hydrogen) atoms. The van der Waals surface area contributed by atoms with E-state index in [9.17, 15) is 29.4 Å². The van der Waals surface area contributed by atoms with E-state index in [1.165, 1.54) is 33.9 Å². The molecular formula is C32H31BrCl2N4O8. The van der Waals surface area contributed by atoms with Crippen LogP contribution in [0.3, 0.4) is 0 Å². The maximum Gasteiger partial charge on any atom is 0.261 e. The van der Waals surface area contributed by atoms with E-state index >= 15 is 0 Å². The predicted octanol–water partition coefficient (Wildman–Crippen LogP) is 3.25. The van der Waals surface area contributed by atoms with Gasteiger partial charge in [0.2, 0.25) is 0 Å². The maximum absolute atomic E-state index is 13.1. The lowest BCUT2D eigenvalue weighted by atomic mass is 9.88. The normalized spacial score (nSPS) is 23.0. The first kappa shape index (κ1) is 33.8. The first-order chi connectivity index (χ1) is 22.5. The van der Waals surface area contributed by atoms with Crippen molar-refractivity contribution in [3.05, 3.63) is 77.7 Å². The number of aromatic nitrogens is 4. The SMILES string of the molecule is O=C(CC1OCCC1O)Cn1cnc2cc(CC3COC(CC(=O)Cn4cnc5cc(Br)c(Cl)cc5c4=O)C(O)C3)c(Cl)cc2c1=O. The summed E-state index contributed by atoms with van der Waals surface area (Å²) in [6.07, 6.45) is 0.922. The van der Waals surface area contributed by atoms with Crippen molar-refractivity contribution in [2.45, 2.75) is 69.6 Å². The molecule has 0 spiro atoms. The van der Waals surface area contributed by atoms with Crippen LogP contribution in [0.15, 0.2) is 51.0 Å². The largest absolute Gasteiger partial charge is 0.390 e. The van der Waals surface area contributed by atoms with Crippen LogP contribution in [0.4, 0.5) is 0 Å². The van der Waals surface area contributed by atoms with E-state index in [1.807, 2.05) is 0 Å². The summed E-state index contributed by atoms with van der Waals surface area (Å²) in [5.74, 6) is -0.662. The van der Waals surface area contributed by atoms with E-state index in [0.717, 1.165) is 5.56 Å². The highest BCUT2D eigenvalue weighted by Crippen LogP contribution is 2.30. The standard InChI is InChI=1S/C32H31BrCl2N4O8/c33-22-10-26-21(9-24(22)35)32(45)39(15-37-26)12-19(41)7-30-28(43)4-16(13-47-30)3-17-5-25-20(8-23(17)34)31(44)38(14-36-25)11-18(40)6-29-27(42)1-2-46-29/h5,8-10,14-16,27-30,42-43H,1-4,6-7,11-13H2. The summed E-state index contributed by atoms with van der Waals surface area (Å²) in [7, 11) is 0. The smallest absolute Gasteiger partial charge is 0.261 e. The van der Waals surface area contributed by atoms with Crippen LogP contribution in [-0.2, 0) is 38.6 Å². The van der Waals surface area contributed by atoms with Gasteiger partial charge in [-0.2, -0.15) is 0 Å². The number of hydrogen-bond donors (Lipinski definition) is 2. The zero-order valence-corrected chi connectivity index (χ0v) is 28.1. The van der Waals surface area contributed by atoms with Crippen molar-refractivity contribution in [2.24, 2.45) is 5.92 Å². The molecule has 0 radical (unpaired) electrons. The molecule has 2 N–H and O–H groups in total. The molecule has 6 rings (SSSR count). The van der Waals surface area contributed by atoms with Crippen molar-refractivity contribution in [2.75, 3.05) is 13.2 Å². The number of rotatable bonds is 10. The predicted molar refractivity (Wildman–Crippen MR) is 177 cm³/mol. The van der Waals surface area contributed by atoms with Crippen LogP contribution in [0.25, 0.3) is 21.8 Å². The van der Waals surface area contributed by atoms with Crippen molar-refractivity contribution in [1.29, 1.82) is 0 Å². The van der Waals surface area contributed by atoms with Gasteiger partial charge in [0.15, 0.2) is 11.6 Å². The number of Topliss-reactive ketones (excluding diaryl/α,β-unsaturated/α-hetero) is 2. The van der Waals surface area contributed by atoms with Gasteiger partial charge >= 0.3 is 0 Å². The Morgan fingerprint density at radius 2 is 1.43 bits per heavy atom. The molecule has 0 saturated carbocycles. The van der Waals surface area contributed by atoms with Gasteiger partial charge in [-0.1, -0.05) is 23.2 Å². The Bertz CT molecular complexity index is 1990. The van der Waals surface area contributed by atoms with E-state index < -0.39 is 35.5 Å². The number of aliphatic hydroxyl groups excluding tert-OH is 2.